The van der Waals surface area contributed by atoms with E-state index in [1.165, 1.54) is 6.08 Å². The van der Waals surface area contributed by atoms with E-state index >= 15 is 0 Å². The lowest BCUT2D eigenvalue weighted by Crippen LogP contribution is -2.02. The van der Waals surface area contributed by atoms with Crippen molar-refractivity contribution in [2.75, 3.05) is 0 Å². The standard InChI is InChI=1S/C4H6BrNO/c1-4(2,5)6-3-7/h1-2H3. The molecule has 0 saturated heterocycles. The third-order valence-electron chi connectivity index (χ3n) is 0.312. The van der Waals surface area contributed by atoms with Gasteiger partial charge in [0.25, 0.3) is 0 Å². The number of rotatable bonds is 1. The number of alkyl halides is 1. The summed E-state index contributed by atoms with van der Waals surface area (Å²) in [5.41, 5.74) is 0. The number of hydrogen-bond donors (Lipinski definition) is 0. The van der Waals surface area contributed by atoms with Crippen molar-refractivity contribution in [1.82, 2.24) is 0 Å². The fourth-order valence-corrected chi connectivity index (χ4v) is 0.181. The van der Waals surface area contributed by atoms with E-state index < -0.39 is 4.45 Å². The second-order valence-corrected chi connectivity index (χ2v) is 3.55. The Morgan fingerprint density at radius 1 is 1.71 bits per heavy atom. The number of hydrogen-bond acceptors (Lipinski definition) is 2. The van der Waals surface area contributed by atoms with Gasteiger partial charge in [-0.3, -0.25) is 0 Å². The number of nitrogens with zero attached hydrogens (tertiary/aromatic N) is 1. The van der Waals surface area contributed by atoms with Gasteiger partial charge < -0.3 is 0 Å². The van der Waals surface area contributed by atoms with Gasteiger partial charge in [-0.25, -0.2) is 4.79 Å². The highest BCUT2D eigenvalue weighted by Gasteiger charge is 2.07. The molecule has 0 aliphatic rings. The molecule has 0 aromatic heterocycles. The maximum absolute atomic E-state index is 9.50. The second kappa shape index (κ2) is 2.24. The Hall–Kier alpha value is -0.140. The molecule has 2 nitrogen and oxygen atoms in total. The van der Waals surface area contributed by atoms with Crippen molar-refractivity contribution in [1.29, 1.82) is 0 Å². The van der Waals surface area contributed by atoms with Crippen LogP contribution in [0.3, 0.4) is 0 Å². The van der Waals surface area contributed by atoms with Crippen molar-refractivity contribution in [2.24, 2.45) is 4.99 Å². The first kappa shape index (κ1) is 6.86. The predicted molar refractivity (Wildman–Crippen MR) is 31.1 cm³/mol. The first-order chi connectivity index (χ1) is 3.06. The molecule has 0 N–H and O–H groups in total. The molecule has 0 bridgehead atoms. The van der Waals surface area contributed by atoms with Crippen LogP contribution in [0.15, 0.2) is 4.99 Å². The summed E-state index contributed by atoms with van der Waals surface area (Å²) >= 11 is 3.11. The molecule has 3 heteroatoms. The van der Waals surface area contributed by atoms with Gasteiger partial charge in [0.05, 0.1) is 0 Å². The van der Waals surface area contributed by atoms with Crippen LogP contribution in [0, 0.1) is 0 Å². The van der Waals surface area contributed by atoms with Crippen LogP contribution in [0.4, 0.5) is 0 Å². The van der Waals surface area contributed by atoms with Crippen molar-refractivity contribution in [3.05, 3.63) is 0 Å². The molecule has 0 aromatic rings. The minimum absolute atomic E-state index is 0.436. The lowest BCUT2D eigenvalue weighted by atomic mass is 10.4. The summed E-state index contributed by atoms with van der Waals surface area (Å²) < 4.78 is -0.436. The summed E-state index contributed by atoms with van der Waals surface area (Å²) in [7, 11) is 0. The zero-order valence-electron chi connectivity index (χ0n) is 4.23. The quantitative estimate of drug-likeness (QED) is 0.249. The van der Waals surface area contributed by atoms with E-state index in [9.17, 15) is 4.79 Å². The Balaban J connectivity index is 3.80. The molecule has 0 rings (SSSR count). The van der Waals surface area contributed by atoms with Crippen LogP contribution in [0.25, 0.3) is 0 Å². The normalized spacial score (nSPS) is 10.1. The van der Waals surface area contributed by atoms with Crippen LogP contribution in [-0.4, -0.2) is 10.5 Å². The molecule has 40 valence electrons. The van der Waals surface area contributed by atoms with E-state index in [0.29, 0.717) is 0 Å². The molecule has 0 saturated carbocycles. The minimum Gasteiger partial charge on any atom is -0.211 e. The lowest BCUT2D eigenvalue weighted by molar-refractivity contribution is 0.558. The molecule has 0 radical (unpaired) electrons. The second-order valence-electron chi connectivity index (χ2n) is 1.61. The maximum Gasteiger partial charge on any atom is 0.236 e. The first-order valence-electron chi connectivity index (χ1n) is 1.84. The van der Waals surface area contributed by atoms with Crippen LogP contribution in [-0.2, 0) is 4.79 Å². The van der Waals surface area contributed by atoms with E-state index in [4.69, 9.17) is 0 Å². The molecule has 0 amide bonds. The molecule has 0 aromatic carbocycles. The fraction of sp³-hybridized carbons (Fsp3) is 0.750. The molecular weight excluding hydrogens is 158 g/mol. The number of halogens is 1. The number of isocyanates is 1. The van der Waals surface area contributed by atoms with E-state index in [1.807, 2.05) is 0 Å². The molecule has 7 heavy (non-hydrogen) atoms. The van der Waals surface area contributed by atoms with Crippen molar-refractivity contribution in [3.8, 4) is 0 Å². The molecule has 0 aliphatic carbocycles. The van der Waals surface area contributed by atoms with Crippen molar-refractivity contribution >= 4 is 22.0 Å². The van der Waals surface area contributed by atoms with Crippen molar-refractivity contribution < 1.29 is 4.79 Å². The van der Waals surface area contributed by atoms with Gasteiger partial charge in [0.2, 0.25) is 6.08 Å². The Morgan fingerprint density at radius 3 is 2.14 bits per heavy atom. The summed E-state index contributed by atoms with van der Waals surface area (Å²) in [5, 5.41) is 0. The number of carbonyl (C=O) groups excluding carboxylic acids is 1. The van der Waals surface area contributed by atoms with Crippen molar-refractivity contribution in [2.45, 2.75) is 18.3 Å². The van der Waals surface area contributed by atoms with Gasteiger partial charge in [-0.05, 0) is 13.8 Å². The Bertz CT molecular complexity index is 98.7. The largest absolute Gasteiger partial charge is 0.236 e. The molecule has 0 spiro atoms. The van der Waals surface area contributed by atoms with Gasteiger partial charge in [0.15, 0.2) is 0 Å². The zero-order valence-corrected chi connectivity index (χ0v) is 5.82. The van der Waals surface area contributed by atoms with Crippen LogP contribution in [0.2, 0.25) is 0 Å². The molecule has 0 atom stereocenters. The van der Waals surface area contributed by atoms with Gasteiger partial charge >= 0.3 is 0 Å². The van der Waals surface area contributed by atoms with E-state index in [1.54, 1.807) is 13.8 Å². The SMILES string of the molecule is CC(C)(Br)N=C=O. The lowest BCUT2D eigenvalue weighted by Gasteiger charge is -2.02. The average Bonchev–Trinajstić information content (AvgIpc) is 1.30. The Labute approximate surface area is 50.8 Å². The van der Waals surface area contributed by atoms with Gasteiger partial charge in [-0.1, -0.05) is 15.9 Å². The Morgan fingerprint density at radius 2 is 2.14 bits per heavy atom. The first-order valence-corrected chi connectivity index (χ1v) is 2.63. The smallest absolute Gasteiger partial charge is 0.211 e. The summed E-state index contributed by atoms with van der Waals surface area (Å²) in [6.45, 7) is 3.52. The monoisotopic (exact) mass is 163 g/mol. The molecule has 0 fully saturated rings. The highest BCUT2D eigenvalue weighted by Crippen LogP contribution is 2.15. The topological polar surface area (TPSA) is 29.4 Å². The van der Waals surface area contributed by atoms with Crippen LogP contribution >= 0.6 is 15.9 Å². The van der Waals surface area contributed by atoms with Crippen molar-refractivity contribution in [3.63, 3.8) is 0 Å². The highest BCUT2D eigenvalue weighted by atomic mass is 79.9. The van der Waals surface area contributed by atoms with Crippen LogP contribution in [0.5, 0.6) is 0 Å². The average molecular weight is 164 g/mol. The van der Waals surface area contributed by atoms with Crippen LogP contribution < -0.4 is 0 Å². The third-order valence-corrected chi connectivity index (χ3v) is 0.489. The van der Waals surface area contributed by atoms with Gasteiger partial charge in [0.1, 0.15) is 4.45 Å². The molecule has 0 unspecified atom stereocenters. The third kappa shape index (κ3) is 5.86. The molecular formula is C4H6BrNO. The maximum atomic E-state index is 9.50. The highest BCUT2D eigenvalue weighted by molar-refractivity contribution is 9.10. The zero-order chi connectivity index (χ0) is 5.91. The van der Waals surface area contributed by atoms with E-state index in [0.717, 1.165) is 0 Å². The summed E-state index contributed by atoms with van der Waals surface area (Å²) in [6, 6.07) is 0. The van der Waals surface area contributed by atoms with E-state index in [-0.39, 0.29) is 0 Å². The summed E-state index contributed by atoms with van der Waals surface area (Å²) in [4.78, 5) is 12.9. The van der Waals surface area contributed by atoms with Gasteiger partial charge in [-0.15, -0.1) is 0 Å². The number of aliphatic imine (C=N–C) groups is 1. The fourth-order valence-electron chi connectivity index (χ4n) is 0.109. The Kier molecular flexibility index (Phi) is 2.20. The predicted octanol–water partition coefficient (Wildman–Crippen LogP) is 1.45. The molecule has 0 aliphatic heterocycles. The summed E-state index contributed by atoms with van der Waals surface area (Å²) in [5.74, 6) is 0. The summed E-state index contributed by atoms with van der Waals surface area (Å²) in [6.07, 6.45) is 1.44. The minimum atomic E-state index is -0.436. The van der Waals surface area contributed by atoms with E-state index in [2.05, 4.69) is 20.9 Å². The van der Waals surface area contributed by atoms with Gasteiger partial charge in [-0.2, -0.15) is 4.99 Å². The molecule has 0 heterocycles. The van der Waals surface area contributed by atoms with Gasteiger partial charge in [0, 0.05) is 0 Å². The van der Waals surface area contributed by atoms with Crippen LogP contribution in [0.1, 0.15) is 13.8 Å².